The summed E-state index contributed by atoms with van der Waals surface area (Å²) in [5.41, 5.74) is 7.31. The Kier molecular flexibility index (Phi) is 17.3. The molecule has 4 unspecified atom stereocenters. The summed E-state index contributed by atoms with van der Waals surface area (Å²) in [5.74, 6) is 5.30. The highest BCUT2D eigenvalue weighted by molar-refractivity contribution is 8.00. The van der Waals surface area contributed by atoms with Gasteiger partial charge in [-0.2, -0.15) is 23.5 Å². The van der Waals surface area contributed by atoms with E-state index in [2.05, 4.69) is 42.4 Å². The first-order valence-corrected chi connectivity index (χ1v) is 13.3. The predicted molar refractivity (Wildman–Crippen MR) is 124 cm³/mol. The third kappa shape index (κ3) is 12.1. The summed E-state index contributed by atoms with van der Waals surface area (Å²) < 4.78 is 0. The van der Waals surface area contributed by atoms with Crippen LogP contribution in [0.4, 0.5) is 0 Å². The van der Waals surface area contributed by atoms with Gasteiger partial charge >= 0.3 is 0 Å². The van der Waals surface area contributed by atoms with E-state index in [0.29, 0.717) is 0 Å². The lowest BCUT2D eigenvalue weighted by Gasteiger charge is -2.33. The minimum absolute atomic E-state index is 0. The fourth-order valence-electron chi connectivity index (χ4n) is 3.78. The van der Waals surface area contributed by atoms with Crippen LogP contribution in [0.2, 0.25) is 0 Å². The van der Waals surface area contributed by atoms with Crippen LogP contribution in [-0.2, 0) is 0 Å². The molecule has 0 amide bonds. The van der Waals surface area contributed by atoms with Crippen LogP contribution in [0, 0.1) is 11.8 Å². The first-order valence-electron chi connectivity index (χ1n) is 11.2. The Hall–Kier alpha value is 0.420. The molecule has 0 aromatic rings. The van der Waals surface area contributed by atoms with Crippen LogP contribution in [0.3, 0.4) is 0 Å². The number of nitrogens with one attached hydrogen (secondary N) is 1. The SMILES string of the molecule is CC1CCC1SCCCC(=[NH2+])CCCCCC(N)=[NH+]CCSC1CCC1C.[Cl-].[Cl-]. The van der Waals surface area contributed by atoms with Crippen LogP contribution in [-0.4, -0.2) is 40.1 Å². The molecule has 2 saturated carbocycles. The van der Waals surface area contributed by atoms with Gasteiger partial charge in [0, 0.05) is 35.5 Å². The standard InChI is InChI=1S/C22H41N3S2.2ClH/c1-17-10-12-20(17)26-15-6-8-19(23)7-4-3-5-9-22(24)25-14-16-27-21-13-11-18(21)2;;/h17-18,20-21,23H,3-16H2,1-2H3,(H2,24,25);2*1H. The van der Waals surface area contributed by atoms with Crippen molar-refractivity contribution < 1.29 is 35.2 Å². The number of thioether (sulfide) groups is 2. The number of unbranched alkanes of at least 4 members (excludes halogenated alkanes) is 2. The first-order chi connectivity index (χ1) is 13.1. The maximum atomic E-state index is 6.20. The van der Waals surface area contributed by atoms with Crippen molar-refractivity contribution in [3.8, 4) is 0 Å². The van der Waals surface area contributed by atoms with E-state index in [0.717, 1.165) is 54.0 Å². The Balaban J connectivity index is 0.00000392. The molecule has 0 saturated heterocycles. The highest BCUT2D eigenvalue weighted by Gasteiger charge is 2.27. The molecule has 0 aromatic heterocycles. The molecule has 0 bridgehead atoms. The van der Waals surface area contributed by atoms with Gasteiger partial charge < -0.3 is 24.8 Å². The lowest BCUT2D eigenvalue weighted by Crippen LogP contribution is -3.00. The fourth-order valence-corrected chi connectivity index (χ4v) is 6.45. The zero-order valence-corrected chi connectivity index (χ0v) is 21.6. The average Bonchev–Trinajstić information content (AvgIpc) is 2.64. The van der Waals surface area contributed by atoms with Crippen molar-refractivity contribution in [1.82, 2.24) is 0 Å². The summed E-state index contributed by atoms with van der Waals surface area (Å²) in [6.45, 7) is 5.77. The fraction of sp³-hybridized carbons (Fsp3) is 0.909. The summed E-state index contributed by atoms with van der Waals surface area (Å²) in [6.07, 6.45) is 13.8. The Morgan fingerprint density at radius 3 is 1.93 bits per heavy atom. The highest BCUT2D eigenvalue weighted by Crippen LogP contribution is 2.37. The molecule has 2 aliphatic rings. The third-order valence-electron chi connectivity index (χ3n) is 6.29. The molecule has 2 rings (SSSR count). The average molecular weight is 485 g/mol. The van der Waals surface area contributed by atoms with Gasteiger partial charge in [0.15, 0.2) is 0 Å². The molecule has 0 radical (unpaired) electrons. The summed E-state index contributed by atoms with van der Waals surface area (Å²) in [4.78, 5) is 3.40. The molecule has 5 N–H and O–H groups in total. The van der Waals surface area contributed by atoms with E-state index in [1.54, 1.807) is 0 Å². The van der Waals surface area contributed by atoms with Crippen molar-refractivity contribution in [2.45, 2.75) is 95.0 Å². The number of halogens is 2. The predicted octanol–water partition coefficient (Wildman–Crippen LogP) is -3.57. The van der Waals surface area contributed by atoms with Gasteiger partial charge in [-0.25, -0.2) is 0 Å². The van der Waals surface area contributed by atoms with E-state index >= 15 is 0 Å². The van der Waals surface area contributed by atoms with Crippen molar-refractivity contribution in [1.29, 1.82) is 0 Å². The van der Waals surface area contributed by atoms with Gasteiger partial charge in [-0.3, -0.25) is 16.1 Å². The lowest BCUT2D eigenvalue weighted by atomic mass is 9.87. The lowest BCUT2D eigenvalue weighted by molar-refractivity contribution is -0.453. The molecule has 172 valence electrons. The second kappa shape index (κ2) is 17.0. The number of amidine groups is 1. The molecule has 2 aliphatic carbocycles. The van der Waals surface area contributed by atoms with Gasteiger partial charge in [-0.05, 0) is 62.5 Å². The normalized spacial score (nSPS) is 25.9. The molecule has 0 spiro atoms. The molecule has 4 atom stereocenters. The Bertz CT molecular complexity index is 477. The van der Waals surface area contributed by atoms with Crippen LogP contribution in [0.25, 0.3) is 0 Å². The smallest absolute Gasteiger partial charge is 0.240 e. The van der Waals surface area contributed by atoms with Crippen LogP contribution in [0.15, 0.2) is 0 Å². The Morgan fingerprint density at radius 2 is 1.38 bits per heavy atom. The maximum Gasteiger partial charge on any atom is 0.240 e. The maximum absolute atomic E-state index is 6.20. The Labute approximate surface area is 200 Å². The van der Waals surface area contributed by atoms with E-state index in [-0.39, 0.29) is 24.8 Å². The molecule has 0 aliphatic heterocycles. The van der Waals surface area contributed by atoms with E-state index in [1.807, 2.05) is 0 Å². The quantitative estimate of drug-likeness (QED) is 0.128. The molecule has 29 heavy (non-hydrogen) atoms. The summed E-state index contributed by atoms with van der Waals surface area (Å²) in [7, 11) is 0. The van der Waals surface area contributed by atoms with Gasteiger partial charge in [-0.15, -0.1) is 0 Å². The molecule has 7 heteroatoms. The molecule has 0 heterocycles. The van der Waals surface area contributed by atoms with E-state index in [9.17, 15) is 0 Å². The van der Waals surface area contributed by atoms with E-state index in [1.165, 1.54) is 68.6 Å². The molecule has 3 nitrogen and oxygen atoms in total. The van der Waals surface area contributed by atoms with Crippen molar-refractivity contribution in [3.63, 3.8) is 0 Å². The van der Waals surface area contributed by atoms with Crippen molar-refractivity contribution >= 4 is 35.1 Å². The van der Waals surface area contributed by atoms with Crippen LogP contribution in [0.1, 0.15) is 84.5 Å². The Morgan fingerprint density at radius 1 is 0.828 bits per heavy atom. The number of hydrogen-bond acceptors (Lipinski definition) is 2. The van der Waals surface area contributed by atoms with Gasteiger partial charge in [-0.1, -0.05) is 20.3 Å². The zero-order valence-electron chi connectivity index (χ0n) is 18.4. The van der Waals surface area contributed by atoms with Crippen molar-refractivity contribution in [3.05, 3.63) is 0 Å². The molecular weight excluding hydrogens is 441 g/mol. The van der Waals surface area contributed by atoms with Crippen molar-refractivity contribution in [2.24, 2.45) is 17.6 Å². The third-order valence-corrected chi connectivity index (χ3v) is 9.51. The van der Waals surface area contributed by atoms with E-state index in [4.69, 9.17) is 11.1 Å². The van der Waals surface area contributed by atoms with Crippen molar-refractivity contribution in [2.75, 3.05) is 18.1 Å². The second-order valence-electron chi connectivity index (χ2n) is 8.70. The zero-order chi connectivity index (χ0) is 19.5. The summed E-state index contributed by atoms with van der Waals surface area (Å²) in [5, 5.41) is 8.03. The minimum atomic E-state index is 0. The summed E-state index contributed by atoms with van der Waals surface area (Å²) >= 11 is 4.28. The van der Waals surface area contributed by atoms with Crippen LogP contribution < -0.4 is 40.9 Å². The van der Waals surface area contributed by atoms with E-state index < -0.39 is 0 Å². The molecule has 2 fully saturated rings. The van der Waals surface area contributed by atoms with Crippen LogP contribution >= 0.6 is 23.5 Å². The number of hydrogen-bond donors (Lipinski definition) is 3. The minimum Gasteiger partial charge on any atom is -1.00 e. The molecular formula is C22H43Cl2N3S2. The van der Waals surface area contributed by atoms with Crippen LogP contribution in [0.5, 0.6) is 0 Å². The number of rotatable bonds is 15. The van der Waals surface area contributed by atoms with Gasteiger partial charge in [0.25, 0.3) is 0 Å². The largest absolute Gasteiger partial charge is 1.00 e. The van der Waals surface area contributed by atoms with Gasteiger partial charge in [0.05, 0.1) is 6.54 Å². The van der Waals surface area contributed by atoms with Gasteiger partial charge in [0.2, 0.25) is 5.84 Å². The molecule has 0 aromatic carbocycles. The second-order valence-corrected chi connectivity index (χ2v) is 11.4. The monoisotopic (exact) mass is 483 g/mol. The first kappa shape index (κ1) is 29.4. The highest BCUT2D eigenvalue weighted by atomic mass is 35.5. The topological polar surface area (TPSA) is 65.6 Å². The van der Waals surface area contributed by atoms with Gasteiger partial charge in [0.1, 0.15) is 5.71 Å². The number of nitrogens with two attached hydrogens (primary N) is 2. The summed E-state index contributed by atoms with van der Waals surface area (Å²) in [6, 6.07) is 0.